The quantitative estimate of drug-likeness (QED) is 0.661. The first-order valence-electron chi connectivity index (χ1n) is 8.07. The van der Waals surface area contributed by atoms with E-state index in [0.29, 0.717) is 30.3 Å². The Bertz CT molecular complexity index is 778. The van der Waals surface area contributed by atoms with E-state index in [9.17, 15) is 9.18 Å². The first-order valence-corrected chi connectivity index (χ1v) is 9.53. The van der Waals surface area contributed by atoms with E-state index in [2.05, 4.69) is 27.9 Å². The predicted octanol–water partition coefficient (Wildman–Crippen LogP) is 4.56. The van der Waals surface area contributed by atoms with Gasteiger partial charge in [0.1, 0.15) is 5.82 Å². The fraction of sp³-hybridized carbons (Fsp3) is 0.316. The zero-order valence-corrected chi connectivity index (χ0v) is 16.4. The van der Waals surface area contributed by atoms with Crippen LogP contribution < -0.4 is 5.32 Å². The molecule has 0 aliphatic carbocycles. The van der Waals surface area contributed by atoms with Gasteiger partial charge in [0.05, 0.1) is 5.56 Å². The maximum atomic E-state index is 13.7. The minimum Gasteiger partial charge on any atom is -0.381 e. The van der Waals surface area contributed by atoms with E-state index in [-0.39, 0.29) is 17.1 Å². The zero-order valence-electron chi connectivity index (χ0n) is 13.5. The summed E-state index contributed by atoms with van der Waals surface area (Å²) in [6.07, 6.45) is 1.48. The first kappa shape index (κ1) is 18.6. The molecule has 3 rings (SSSR count). The van der Waals surface area contributed by atoms with Gasteiger partial charge in [-0.15, -0.1) is 0 Å². The van der Waals surface area contributed by atoms with Gasteiger partial charge in [-0.1, -0.05) is 23.7 Å². The molecule has 1 heterocycles. The van der Waals surface area contributed by atoms with Gasteiger partial charge in [-0.2, -0.15) is 0 Å². The van der Waals surface area contributed by atoms with Crippen molar-refractivity contribution >= 4 is 40.1 Å². The third kappa shape index (κ3) is 4.33. The van der Waals surface area contributed by atoms with E-state index in [1.807, 2.05) is 12.1 Å². The van der Waals surface area contributed by atoms with Crippen molar-refractivity contribution < 1.29 is 13.9 Å². The number of halogens is 3. The Morgan fingerprint density at radius 3 is 2.72 bits per heavy atom. The number of hydrogen-bond donors (Lipinski definition) is 1. The van der Waals surface area contributed by atoms with Crippen LogP contribution in [0.1, 0.15) is 28.8 Å². The fourth-order valence-corrected chi connectivity index (χ4v) is 3.92. The summed E-state index contributed by atoms with van der Waals surface area (Å²) in [6.45, 7) is 1.63. The second-order valence-corrected chi connectivity index (χ2v) is 7.81. The van der Waals surface area contributed by atoms with Gasteiger partial charge in [-0.3, -0.25) is 4.79 Å². The molecule has 2 aromatic rings. The Morgan fingerprint density at radius 1 is 1.24 bits per heavy atom. The van der Waals surface area contributed by atoms with Gasteiger partial charge in [-0.25, -0.2) is 4.39 Å². The third-order valence-corrected chi connectivity index (χ3v) is 5.82. The molecule has 0 saturated carbocycles. The Hall–Kier alpha value is -1.18. The number of hydrogen-bond acceptors (Lipinski definition) is 2. The summed E-state index contributed by atoms with van der Waals surface area (Å²) in [7, 11) is 0. The Balaban J connectivity index is 1.82. The molecule has 1 saturated heterocycles. The average molecular weight is 474 g/mol. The van der Waals surface area contributed by atoms with Crippen molar-refractivity contribution in [3.05, 3.63) is 68.0 Å². The molecular formula is C19H18ClFINO2. The van der Waals surface area contributed by atoms with Crippen molar-refractivity contribution in [2.24, 2.45) is 0 Å². The van der Waals surface area contributed by atoms with Crippen LogP contribution in [0.2, 0.25) is 5.02 Å². The van der Waals surface area contributed by atoms with Gasteiger partial charge >= 0.3 is 0 Å². The predicted molar refractivity (Wildman–Crippen MR) is 105 cm³/mol. The maximum Gasteiger partial charge on any atom is 0.252 e. The normalized spacial score (nSPS) is 16.4. The van der Waals surface area contributed by atoms with Crippen LogP contribution in [-0.4, -0.2) is 25.7 Å². The van der Waals surface area contributed by atoms with Crippen LogP contribution >= 0.6 is 34.2 Å². The van der Waals surface area contributed by atoms with E-state index in [4.69, 9.17) is 16.3 Å². The van der Waals surface area contributed by atoms with Crippen LogP contribution in [0.15, 0.2) is 42.5 Å². The molecule has 0 unspecified atom stereocenters. The molecule has 25 heavy (non-hydrogen) atoms. The lowest BCUT2D eigenvalue weighted by molar-refractivity contribution is 0.0486. The number of ether oxygens (including phenoxy) is 1. The van der Waals surface area contributed by atoms with Crippen molar-refractivity contribution in [3.63, 3.8) is 0 Å². The number of carbonyl (C=O) groups excluding carboxylic acids is 1. The van der Waals surface area contributed by atoms with Gasteiger partial charge < -0.3 is 10.1 Å². The average Bonchev–Trinajstić information content (AvgIpc) is 2.62. The molecule has 6 heteroatoms. The lowest BCUT2D eigenvalue weighted by Crippen LogP contribution is -2.44. The molecule has 1 N–H and O–H groups in total. The molecule has 1 amide bonds. The molecule has 1 aliphatic rings. The highest BCUT2D eigenvalue weighted by Crippen LogP contribution is 2.34. The molecular weight excluding hydrogens is 456 g/mol. The summed E-state index contributed by atoms with van der Waals surface area (Å²) in [6, 6.07) is 11.9. The van der Waals surface area contributed by atoms with Gasteiger partial charge in [0.2, 0.25) is 0 Å². The maximum absolute atomic E-state index is 13.7. The second kappa shape index (κ2) is 8.01. The van der Waals surface area contributed by atoms with Crippen molar-refractivity contribution in [2.75, 3.05) is 19.8 Å². The van der Waals surface area contributed by atoms with E-state index < -0.39 is 0 Å². The number of benzene rings is 2. The van der Waals surface area contributed by atoms with E-state index >= 15 is 0 Å². The molecule has 1 fully saturated rings. The monoisotopic (exact) mass is 473 g/mol. The molecule has 0 atom stereocenters. The minimum atomic E-state index is -0.319. The summed E-state index contributed by atoms with van der Waals surface area (Å²) in [5.74, 6) is -0.437. The lowest BCUT2D eigenvalue weighted by atomic mass is 9.74. The molecule has 3 nitrogen and oxygen atoms in total. The van der Waals surface area contributed by atoms with E-state index in [0.717, 1.165) is 22.0 Å². The summed E-state index contributed by atoms with van der Waals surface area (Å²) in [5.41, 5.74) is 1.13. The standard InChI is InChI=1S/C19H18ClFINO2/c20-14-4-5-17(22)16(11-14)18(24)23-12-19(6-8-25-9-7-19)13-2-1-3-15(21)10-13/h1-5,10-11H,6-9,12H2,(H,23,24). The Labute approximate surface area is 165 Å². The van der Waals surface area contributed by atoms with Gasteiger partial charge in [0, 0.05) is 33.8 Å². The Morgan fingerprint density at radius 2 is 2.00 bits per heavy atom. The van der Waals surface area contributed by atoms with Gasteiger partial charge in [0.25, 0.3) is 5.91 Å². The smallest absolute Gasteiger partial charge is 0.252 e. The summed E-state index contributed by atoms with van der Waals surface area (Å²) in [5, 5.41) is 3.54. The number of nitrogens with one attached hydrogen (secondary N) is 1. The van der Waals surface area contributed by atoms with Crippen molar-refractivity contribution in [1.82, 2.24) is 5.32 Å². The highest BCUT2D eigenvalue weighted by molar-refractivity contribution is 14.1. The molecule has 0 spiro atoms. The lowest BCUT2D eigenvalue weighted by Gasteiger charge is -2.38. The number of rotatable bonds is 4. The number of carbonyl (C=O) groups is 1. The van der Waals surface area contributed by atoms with Crippen molar-refractivity contribution in [2.45, 2.75) is 18.3 Å². The highest BCUT2D eigenvalue weighted by Gasteiger charge is 2.35. The molecule has 2 aromatic carbocycles. The topological polar surface area (TPSA) is 38.3 Å². The SMILES string of the molecule is O=C(NCC1(c2cccc(F)c2)CCOCC1)c1cc(Cl)ccc1I. The van der Waals surface area contributed by atoms with E-state index in [1.54, 1.807) is 24.3 Å². The summed E-state index contributed by atoms with van der Waals surface area (Å²) < 4.78 is 20.0. The number of amides is 1. The molecule has 0 aromatic heterocycles. The van der Waals surface area contributed by atoms with Crippen LogP contribution in [0.3, 0.4) is 0 Å². The molecule has 0 radical (unpaired) electrons. The zero-order chi connectivity index (χ0) is 17.9. The third-order valence-electron chi connectivity index (χ3n) is 4.65. The van der Waals surface area contributed by atoms with Gasteiger partial charge in [0.15, 0.2) is 0 Å². The highest BCUT2D eigenvalue weighted by atomic mass is 127. The largest absolute Gasteiger partial charge is 0.381 e. The van der Waals surface area contributed by atoms with Crippen LogP contribution in [0.5, 0.6) is 0 Å². The molecule has 1 aliphatic heterocycles. The summed E-state index contributed by atoms with van der Waals surface area (Å²) >= 11 is 8.13. The molecule has 0 bridgehead atoms. The summed E-state index contributed by atoms with van der Waals surface area (Å²) in [4.78, 5) is 12.6. The van der Waals surface area contributed by atoms with Crippen molar-refractivity contribution in [1.29, 1.82) is 0 Å². The van der Waals surface area contributed by atoms with Crippen molar-refractivity contribution in [3.8, 4) is 0 Å². The first-order chi connectivity index (χ1) is 12.0. The second-order valence-electron chi connectivity index (χ2n) is 6.21. The van der Waals surface area contributed by atoms with Gasteiger partial charge in [-0.05, 0) is 71.3 Å². The van der Waals surface area contributed by atoms with Crippen LogP contribution in [0, 0.1) is 9.39 Å². The van der Waals surface area contributed by atoms with E-state index in [1.165, 1.54) is 6.07 Å². The Kier molecular flexibility index (Phi) is 5.96. The fourth-order valence-electron chi connectivity index (χ4n) is 3.16. The van der Waals surface area contributed by atoms with Crippen LogP contribution in [0.4, 0.5) is 4.39 Å². The molecule has 132 valence electrons. The van der Waals surface area contributed by atoms with Crippen LogP contribution in [0.25, 0.3) is 0 Å². The van der Waals surface area contributed by atoms with Crippen LogP contribution in [-0.2, 0) is 10.2 Å². The minimum absolute atomic E-state index is 0.172.